The molecule has 0 saturated carbocycles. The molecule has 0 bridgehead atoms. The highest BCUT2D eigenvalue weighted by Gasteiger charge is 1.88. The molecule has 0 atom stereocenters. The van der Waals surface area contributed by atoms with E-state index in [9.17, 15) is 0 Å². The minimum absolute atomic E-state index is 0.299. The summed E-state index contributed by atoms with van der Waals surface area (Å²) in [7, 11) is 0. The number of halogens is 2. The molecule has 8 heavy (non-hydrogen) atoms. The van der Waals surface area contributed by atoms with Crippen LogP contribution in [0.25, 0.3) is 0 Å². The Morgan fingerprint density at radius 1 is 1.50 bits per heavy atom. The molecule has 42 valence electrons. The predicted octanol–water partition coefficient (Wildman–Crippen LogP) is 1.29. The Morgan fingerprint density at radius 3 is 2.62 bits per heavy atom. The van der Waals surface area contributed by atoms with Crippen molar-refractivity contribution >= 4 is 27.5 Å². The topological polar surface area (TPSA) is 38.7 Å². The van der Waals surface area contributed by atoms with E-state index in [1.807, 2.05) is 0 Å². The molecule has 0 unspecified atom stereocenters. The van der Waals surface area contributed by atoms with E-state index in [0.29, 0.717) is 9.89 Å². The van der Waals surface area contributed by atoms with E-state index in [4.69, 9.17) is 11.6 Å². The molecular weight excluding hydrogens is 193 g/mol. The van der Waals surface area contributed by atoms with Crippen LogP contribution in [0.1, 0.15) is 0 Å². The number of aromatic nitrogens is 3. The number of hydrogen-bond acceptors (Lipinski definition) is 3. The summed E-state index contributed by atoms with van der Waals surface area (Å²) in [5.74, 6) is 0. The molecule has 0 radical (unpaired) electrons. The summed E-state index contributed by atoms with van der Waals surface area (Å²) in [6.45, 7) is 0. The molecule has 0 fully saturated rings. The first-order valence-electron chi connectivity index (χ1n) is 1.80. The first-order valence-corrected chi connectivity index (χ1v) is 2.97. The lowest BCUT2D eigenvalue weighted by atomic mass is 10.9. The second kappa shape index (κ2) is 2.37. The summed E-state index contributed by atoms with van der Waals surface area (Å²) >= 11 is 8.36. The van der Waals surface area contributed by atoms with Crippen molar-refractivity contribution in [3.8, 4) is 0 Å². The van der Waals surface area contributed by atoms with Gasteiger partial charge in [0.2, 0.25) is 4.73 Å². The first-order chi connectivity index (χ1) is 3.79. The highest BCUT2D eigenvalue weighted by atomic mass is 79.9. The van der Waals surface area contributed by atoms with Gasteiger partial charge in [0.15, 0.2) is 5.15 Å². The average molecular weight is 194 g/mol. The van der Waals surface area contributed by atoms with Gasteiger partial charge in [0.25, 0.3) is 0 Å². The van der Waals surface area contributed by atoms with E-state index in [1.165, 1.54) is 6.20 Å². The number of rotatable bonds is 0. The van der Waals surface area contributed by atoms with Gasteiger partial charge in [-0.3, -0.25) is 0 Å². The van der Waals surface area contributed by atoms with Gasteiger partial charge in [-0.1, -0.05) is 11.6 Å². The number of hydrogen-bond donors (Lipinski definition) is 0. The Kier molecular flexibility index (Phi) is 1.75. The monoisotopic (exact) mass is 193 g/mol. The van der Waals surface area contributed by atoms with Crippen molar-refractivity contribution in [1.29, 1.82) is 0 Å². The zero-order valence-corrected chi connectivity index (χ0v) is 6.02. The Morgan fingerprint density at radius 2 is 2.25 bits per heavy atom. The lowest BCUT2D eigenvalue weighted by molar-refractivity contribution is 0.935. The van der Waals surface area contributed by atoms with Gasteiger partial charge in [-0.05, 0) is 15.9 Å². The number of nitrogens with zero attached hydrogens (tertiary/aromatic N) is 3. The molecule has 3 nitrogen and oxygen atoms in total. The lowest BCUT2D eigenvalue weighted by Crippen LogP contribution is -1.84. The molecular formula is C3HBrClN3. The van der Waals surface area contributed by atoms with Crippen LogP contribution in [0.4, 0.5) is 0 Å². The molecule has 0 aliphatic carbocycles. The fraction of sp³-hybridized carbons (Fsp3) is 0. The highest BCUT2D eigenvalue weighted by molar-refractivity contribution is 9.10. The van der Waals surface area contributed by atoms with Gasteiger partial charge in [-0.25, -0.2) is 4.98 Å². The standard InChI is InChI=1S/C3HBrClN3/c4-3-6-1-2(5)7-8-3/h1H. The minimum Gasteiger partial charge on any atom is -0.226 e. The molecule has 0 N–H and O–H groups in total. The fourth-order valence-electron chi connectivity index (χ4n) is 0.247. The maximum absolute atomic E-state index is 5.35. The van der Waals surface area contributed by atoms with Crippen molar-refractivity contribution in [2.45, 2.75) is 0 Å². The van der Waals surface area contributed by atoms with Gasteiger partial charge >= 0.3 is 0 Å². The minimum atomic E-state index is 0.299. The van der Waals surface area contributed by atoms with Gasteiger partial charge in [0, 0.05) is 0 Å². The predicted molar refractivity (Wildman–Crippen MR) is 32.5 cm³/mol. The average Bonchev–Trinajstić information content (AvgIpc) is 1.77. The van der Waals surface area contributed by atoms with Crippen molar-refractivity contribution < 1.29 is 0 Å². The van der Waals surface area contributed by atoms with Crippen LogP contribution in [-0.2, 0) is 0 Å². The summed E-state index contributed by atoms with van der Waals surface area (Å²) in [5.41, 5.74) is 0. The molecule has 1 aromatic heterocycles. The summed E-state index contributed by atoms with van der Waals surface area (Å²) < 4.78 is 0.446. The summed E-state index contributed by atoms with van der Waals surface area (Å²) in [6, 6.07) is 0. The van der Waals surface area contributed by atoms with Crippen molar-refractivity contribution in [2.24, 2.45) is 0 Å². The zero-order chi connectivity index (χ0) is 5.98. The third-order valence-corrected chi connectivity index (χ3v) is 1.04. The largest absolute Gasteiger partial charge is 0.226 e. The maximum Gasteiger partial charge on any atom is 0.217 e. The van der Waals surface area contributed by atoms with Crippen LogP contribution in [0.3, 0.4) is 0 Å². The van der Waals surface area contributed by atoms with E-state index in [2.05, 4.69) is 31.1 Å². The van der Waals surface area contributed by atoms with Crippen LogP contribution in [-0.4, -0.2) is 15.2 Å². The van der Waals surface area contributed by atoms with Crippen LogP contribution in [0, 0.1) is 0 Å². The fourth-order valence-corrected chi connectivity index (χ4v) is 0.515. The van der Waals surface area contributed by atoms with Crippen molar-refractivity contribution in [2.75, 3.05) is 0 Å². The molecule has 0 spiro atoms. The van der Waals surface area contributed by atoms with E-state index in [1.54, 1.807) is 0 Å². The molecule has 1 rings (SSSR count). The van der Waals surface area contributed by atoms with Crippen LogP contribution < -0.4 is 0 Å². The molecule has 0 saturated heterocycles. The van der Waals surface area contributed by atoms with Crippen molar-refractivity contribution in [3.63, 3.8) is 0 Å². The Balaban J connectivity index is 3.03. The SMILES string of the molecule is Clc1cnc(Br)nn1. The Hall–Kier alpha value is -0.220. The molecule has 0 aliphatic heterocycles. The van der Waals surface area contributed by atoms with Gasteiger partial charge in [0.1, 0.15) is 0 Å². The highest BCUT2D eigenvalue weighted by Crippen LogP contribution is 2.01. The van der Waals surface area contributed by atoms with Gasteiger partial charge in [0.05, 0.1) is 6.20 Å². The van der Waals surface area contributed by atoms with E-state index < -0.39 is 0 Å². The molecule has 5 heteroatoms. The second-order valence-electron chi connectivity index (χ2n) is 1.05. The molecule has 0 amide bonds. The summed E-state index contributed by atoms with van der Waals surface area (Å²) in [4.78, 5) is 3.69. The molecule has 0 aromatic carbocycles. The molecule has 1 aromatic rings. The van der Waals surface area contributed by atoms with Gasteiger partial charge in [-0.2, -0.15) is 0 Å². The normalized spacial score (nSPS) is 9.25. The maximum atomic E-state index is 5.35. The van der Waals surface area contributed by atoms with Crippen LogP contribution >= 0.6 is 27.5 Å². The van der Waals surface area contributed by atoms with Gasteiger partial charge in [-0.15, -0.1) is 10.2 Å². The Labute approximate surface area is 59.2 Å². The summed E-state index contributed by atoms with van der Waals surface area (Å²) in [6.07, 6.45) is 1.42. The van der Waals surface area contributed by atoms with E-state index in [0.717, 1.165) is 0 Å². The van der Waals surface area contributed by atoms with Crippen molar-refractivity contribution in [3.05, 3.63) is 16.1 Å². The van der Waals surface area contributed by atoms with Crippen molar-refractivity contribution in [1.82, 2.24) is 15.2 Å². The van der Waals surface area contributed by atoms with Gasteiger partial charge < -0.3 is 0 Å². The summed E-state index contributed by atoms with van der Waals surface area (Å²) in [5, 5.41) is 7.29. The lowest BCUT2D eigenvalue weighted by Gasteiger charge is -1.83. The van der Waals surface area contributed by atoms with Crippen LogP contribution in [0.15, 0.2) is 10.9 Å². The third-order valence-electron chi connectivity index (χ3n) is 0.506. The van der Waals surface area contributed by atoms with E-state index in [-0.39, 0.29) is 0 Å². The third kappa shape index (κ3) is 1.38. The second-order valence-corrected chi connectivity index (χ2v) is 2.15. The molecule has 0 aliphatic rings. The Bertz CT molecular complexity index is 153. The first kappa shape index (κ1) is 5.91. The van der Waals surface area contributed by atoms with Crippen LogP contribution in [0.5, 0.6) is 0 Å². The zero-order valence-electron chi connectivity index (χ0n) is 3.67. The molecule has 1 heterocycles. The quantitative estimate of drug-likeness (QED) is 0.625. The smallest absolute Gasteiger partial charge is 0.217 e. The van der Waals surface area contributed by atoms with E-state index >= 15 is 0 Å². The van der Waals surface area contributed by atoms with Crippen LogP contribution in [0.2, 0.25) is 5.15 Å².